The molecule has 0 atom stereocenters. The van der Waals surface area contributed by atoms with Crippen molar-refractivity contribution in [1.29, 1.82) is 0 Å². The standard InChI is InChI=1S/C19H22N2O3/c1-14-6-4-8-17(12-14)21(15(2)22)11-10-20-19(23)16-7-5-9-18(13-16)24-3/h4-9,12-13H,10-11H2,1-3H3,(H,20,23). The van der Waals surface area contributed by atoms with Gasteiger partial charge in [0.1, 0.15) is 5.75 Å². The number of carbonyl (C=O) groups is 2. The maximum atomic E-state index is 12.2. The van der Waals surface area contributed by atoms with Crippen molar-refractivity contribution in [2.24, 2.45) is 0 Å². The number of rotatable bonds is 6. The zero-order chi connectivity index (χ0) is 17.5. The lowest BCUT2D eigenvalue weighted by molar-refractivity contribution is -0.116. The molecule has 2 aromatic carbocycles. The minimum Gasteiger partial charge on any atom is -0.497 e. The molecule has 0 saturated carbocycles. The smallest absolute Gasteiger partial charge is 0.251 e. The Balaban J connectivity index is 1.97. The first kappa shape index (κ1) is 17.5. The van der Waals surface area contributed by atoms with Gasteiger partial charge in [-0.2, -0.15) is 0 Å². The first-order valence-electron chi connectivity index (χ1n) is 7.78. The van der Waals surface area contributed by atoms with Crippen LogP contribution in [-0.2, 0) is 4.79 Å². The van der Waals surface area contributed by atoms with Gasteiger partial charge in [0.25, 0.3) is 5.91 Å². The summed E-state index contributed by atoms with van der Waals surface area (Å²) < 4.78 is 5.12. The van der Waals surface area contributed by atoms with E-state index in [2.05, 4.69) is 5.32 Å². The van der Waals surface area contributed by atoms with E-state index in [4.69, 9.17) is 4.74 Å². The van der Waals surface area contributed by atoms with E-state index < -0.39 is 0 Å². The number of amides is 2. The van der Waals surface area contributed by atoms with Crippen LogP contribution >= 0.6 is 0 Å². The SMILES string of the molecule is COc1cccc(C(=O)NCCN(C(C)=O)c2cccc(C)c2)c1. The van der Waals surface area contributed by atoms with Gasteiger partial charge in [-0.1, -0.05) is 18.2 Å². The summed E-state index contributed by atoms with van der Waals surface area (Å²) in [4.78, 5) is 25.7. The number of nitrogens with one attached hydrogen (secondary N) is 1. The predicted molar refractivity (Wildman–Crippen MR) is 94.5 cm³/mol. The van der Waals surface area contributed by atoms with Crippen LogP contribution in [0.25, 0.3) is 0 Å². The van der Waals surface area contributed by atoms with Crippen molar-refractivity contribution in [2.75, 3.05) is 25.1 Å². The Labute approximate surface area is 142 Å². The van der Waals surface area contributed by atoms with Gasteiger partial charge in [-0.3, -0.25) is 9.59 Å². The van der Waals surface area contributed by atoms with Crippen LogP contribution in [0, 0.1) is 6.92 Å². The van der Waals surface area contributed by atoms with Crippen LogP contribution < -0.4 is 15.0 Å². The Bertz CT molecular complexity index is 728. The minimum absolute atomic E-state index is 0.0590. The molecule has 0 heterocycles. The third-order valence-electron chi connectivity index (χ3n) is 3.65. The van der Waals surface area contributed by atoms with Crippen LogP contribution in [0.2, 0.25) is 0 Å². The second kappa shape index (κ2) is 8.15. The van der Waals surface area contributed by atoms with E-state index in [-0.39, 0.29) is 11.8 Å². The Morgan fingerprint density at radius 1 is 1.12 bits per heavy atom. The lowest BCUT2D eigenvalue weighted by Gasteiger charge is -2.21. The van der Waals surface area contributed by atoms with Gasteiger partial charge < -0.3 is 15.0 Å². The fourth-order valence-corrected chi connectivity index (χ4v) is 2.41. The number of hydrogen-bond acceptors (Lipinski definition) is 3. The van der Waals surface area contributed by atoms with Crippen molar-refractivity contribution in [3.8, 4) is 5.75 Å². The summed E-state index contributed by atoms with van der Waals surface area (Å²) in [5, 5.41) is 2.83. The molecule has 2 aromatic rings. The second-order valence-electron chi connectivity index (χ2n) is 5.50. The lowest BCUT2D eigenvalue weighted by atomic mass is 10.2. The maximum absolute atomic E-state index is 12.2. The number of ether oxygens (including phenoxy) is 1. The number of benzene rings is 2. The van der Waals surface area contributed by atoms with E-state index in [0.29, 0.717) is 24.4 Å². The zero-order valence-electron chi connectivity index (χ0n) is 14.2. The Morgan fingerprint density at radius 2 is 1.88 bits per heavy atom. The molecule has 2 rings (SSSR count). The molecule has 0 spiro atoms. The van der Waals surface area contributed by atoms with Crippen LogP contribution in [0.3, 0.4) is 0 Å². The monoisotopic (exact) mass is 326 g/mol. The number of methoxy groups -OCH3 is 1. The van der Waals surface area contributed by atoms with E-state index in [0.717, 1.165) is 11.3 Å². The quantitative estimate of drug-likeness (QED) is 0.888. The molecule has 0 unspecified atom stereocenters. The van der Waals surface area contributed by atoms with Crippen molar-refractivity contribution in [2.45, 2.75) is 13.8 Å². The van der Waals surface area contributed by atoms with Gasteiger partial charge >= 0.3 is 0 Å². The first-order chi connectivity index (χ1) is 11.5. The van der Waals surface area contributed by atoms with Crippen molar-refractivity contribution < 1.29 is 14.3 Å². The molecule has 1 N–H and O–H groups in total. The third-order valence-corrected chi connectivity index (χ3v) is 3.65. The van der Waals surface area contributed by atoms with Gasteiger partial charge in [0.15, 0.2) is 0 Å². The number of nitrogens with zero attached hydrogens (tertiary/aromatic N) is 1. The van der Waals surface area contributed by atoms with Crippen LogP contribution in [0.5, 0.6) is 5.75 Å². The van der Waals surface area contributed by atoms with Crippen molar-refractivity contribution in [3.63, 3.8) is 0 Å². The van der Waals surface area contributed by atoms with Crippen molar-refractivity contribution >= 4 is 17.5 Å². The summed E-state index contributed by atoms with van der Waals surface area (Å²) in [6, 6.07) is 14.7. The molecule has 0 aliphatic carbocycles. The number of carbonyl (C=O) groups excluding carboxylic acids is 2. The second-order valence-corrected chi connectivity index (χ2v) is 5.50. The normalized spacial score (nSPS) is 10.1. The molecule has 0 bridgehead atoms. The zero-order valence-corrected chi connectivity index (χ0v) is 14.2. The Hall–Kier alpha value is -2.82. The molecule has 0 aromatic heterocycles. The summed E-state index contributed by atoms with van der Waals surface area (Å²) in [6.07, 6.45) is 0. The molecular weight excluding hydrogens is 304 g/mol. The summed E-state index contributed by atoms with van der Waals surface area (Å²) in [5.41, 5.74) is 2.44. The average Bonchev–Trinajstić information content (AvgIpc) is 2.58. The number of anilines is 1. The fraction of sp³-hybridized carbons (Fsp3) is 0.263. The van der Waals surface area contributed by atoms with Gasteiger partial charge in [-0.15, -0.1) is 0 Å². The number of hydrogen-bond donors (Lipinski definition) is 1. The summed E-state index contributed by atoms with van der Waals surface area (Å²) in [6.45, 7) is 4.27. The molecule has 5 nitrogen and oxygen atoms in total. The average molecular weight is 326 g/mol. The first-order valence-corrected chi connectivity index (χ1v) is 7.78. The largest absolute Gasteiger partial charge is 0.497 e. The summed E-state index contributed by atoms with van der Waals surface area (Å²) in [5.74, 6) is 0.380. The molecule has 126 valence electrons. The maximum Gasteiger partial charge on any atom is 0.251 e. The van der Waals surface area contributed by atoms with Crippen LogP contribution in [-0.4, -0.2) is 32.0 Å². The number of aryl methyl sites for hydroxylation is 1. The minimum atomic E-state index is -0.193. The highest BCUT2D eigenvalue weighted by Gasteiger charge is 2.12. The van der Waals surface area contributed by atoms with Crippen molar-refractivity contribution in [3.05, 3.63) is 59.7 Å². The molecular formula is C19H22N2O3. The van der Waals surface area contributed by atoms with Gasteiger partial charge in [0.2, 0.25) is 5.91 Å². The lowest BCUT2D eigenvalue weighted by Crippen LogP contribution is -2.37. The van der Waals surface area contributed by atoms with E-state index in [1.807, 2.05) is 31.2 Å². The van der Waals surface area contributed by atoms with Gasteiger partial charge in [-0.05, 0) is 42.8 Å². The molecule has 5 heteroatoms. The molecule has 0 fully saturated rings. The molecule has 0 radical (unpaired) electrons. The van der Waals surface area contributed by atoms with Crippen molar-refractivity contribution in [1.82, 2.24) is 5.32 Å². The van der Waals surface area contributed by atoms with E-state index in [1.165, 1.54) is 6.92 Å². The molecule has 2 amide bonds. The topological polar surface area (TPSA) is 58.6 Å². The summed E-state index contributed by atoms with van der Waals surface area (Å²) >= 11 is 0. The van der Waals surface area contributed by atoms with Crippen LogP contribution in [0.1, 0.15) is 22.8 Å². The fourth-order valence-electron chi connectivity index (χ4n) is 2.41. The van der Waals surface area contributed by atoms with Crippen LogP contribution in [0.4, 0.5) is 5.69 Å². The molecule has 24 heavy (non-hydrogen) atoms. The Morgan fingerprint density at radius 3 is 2.54 bits per heavy atom. The van der Waals surface area contributed by atoms with Gasteiger partial charge in [0.05, 0.1) is 7.11 Å². The van der Waals surface area contributed by atoms with Gasteiger partial charge in [-0.25, -0.2) is 0 Å². The molecule has 0 saturated heterocycles. The van der Waals surface area contributed by atoms with Crippen LogP contribution in [0.15, 0.2) is 48.5 Å². The summed E-state index contributed by atoms with van der Waals surface area (Å²) in [7, 11) is 1.56. The third kappa shape index (κ3) is 4.59. The highest BCUT2D eigenvalue weighted by Crippen LogP contribution is 2.16. The van der Waals surface area contributed by atoms with E-state index >= 15 is 0 Å². The van der Waals surface area contributed by atoms with E-state index in [9.17, 15) is 9.59 Å². The molecule has 0 aliphatic rings. The highest BCUT2D eigenvalue weighted by molar-refractivity contribution is 5.95. The molecule has 0 aliphatic heterocycles. The highest BCUT2D eigenvalue weighted by atomic mass is 16.5. The van der Waals surface area contributed by atoms with Gasteiger partial charge in [0, 0.05) is 31.3 Å². The predicted octanol–water partition coefficient (Wildman–Crippen LogP) is 2.79. The van der Waals surface area contributed by atoms with E-state index in [1.54, 1.807) is 36.3 Å². The Kier molecular flexibility index (Phi) is 5.95.